The van der Waals surface area contributed by atoms with Crippen LogP contribution in [0.2, 0.25) is 0 Å². The summed E-state index contributed by atoms with van der Waals surface area (Å²) in [4.78, 5) is 72.7. The molecule has 4 rings (SSSR count). The number of carbonyl (C=O) groups is 6. The maximum atomic E-state index is 12.3. The Morgan fingerprint density at radius 1 is 0.553 bits per heavy atom. The van der Waals surface area contributed by atoms with Crippen molar-refractivity contribution >= 4 is 46.8 Å². The number of imide groups is 2. The summed E-state index contributed by atoms with van der Waals surface area (Å²) in [5.41, 5.74) is 1.77. The van der Waals surface area contributed by atoms with Crippen LogP contribution in [0.1, 0.15) is 20.7 Å². The standard InChI is InChI=1S/C26H22N6O6/c33-21-9-10-22(34)31(21)15-13-27-25(37)17-1-5-19(6-2-17)29-30-20-7-3-18(4-8-20)26(38)28-14-16-32-23(35)11-12-24(32)36/h1-12H,13-16H2,(H,27,37)(H,28,38). The summed E-state index contributed by atoms with van der Waals surface area (Å²) in [7, 11) is 0. The Labute approximate surface area is 216 Å². The molecule has 0 aliphatic carbocycles. The van der Waals surface area contributed by atoms with Gasteiger partial charge in [0.15, 0.2) is 0 Å². The van der Waals surface area contributed by atoms with Gasteiger partial charge in [-0.05, 0) is 48.5 Å². The molecule has 38 heavy (non-hydrogen) atoms. The number of azo groups is 1. The number of nitrogens with zero attached hydrogens (tertiary/aromatic N) is 4. The molecule has 0 saturated heterocycles. The molecule has 2 aromatic carbocycles. The SMILES string of the molecule is O=C(NCCN1C(=O)C=CC1=O)c1ccc(N=Nc2ccc(C(=O)NCCN3C(=O)C=CC3=O)cc2)cc1. The van der Waals surface area contributed by atoms with Gasteiger partial charge in [-0.25, -0.2) is 0 Å². The fourth-order valence-electron chi connectivity index (χ4n) is 3.54. The predicted octanol–water partition coefficient (Wildman–Crippen LogP) is 1.41. The van der Waals surface area contributed by atoms with Gasteiger partial charge in [0.05, 0.1) is 11.4 Å². The first-order chi connectivity index (χ1) is 18.3. The van der Waals surface area contributed by atoms with Crippen LogP contribution in [0.4, 0.5) is 11.4 Å². The normalized spacial score (nSPS) is 14.7. The number of hydrogen-bond acceptors (Lipinski definition) is 8. The van der Waals surface area contributed by atoms with Crippen molar-refractivity contribution in [2.24, 2.45) is 10.2 Å². The zero-order chi connectivity index (χ0) is 27.1. The summed E-state index contributed by atoms with van der Waals surface area (Å²) in [6.45, 7) is 0.425. The lowest BCUT2D eigenvalue weighted by molar-refractivity contribution is -0.138. The molecule has 2 N–H and O–H groups in total. The maximum Gasteiger partial charge on any atom is 0.253 e. The molecule has 0 spiro atoms. The Morgan fingerprint density at radius 3 is 1.18 bits per heavy atom. The lowest BCUT2D eigenvalue weighted by Gasteiger charge is -2.14. The van der Waals surface area contributed by atoms with Crippen molar-refractivity contribution in [1.29, 1.82) is 0 Å². The number of carbonyl (C=O) groups excluding carboxylic acids is 6. The van der Waals surface area contributed by atoms with Crippen LogP contribution >= 0.6 is 0 Å². The van der Waals surface area contributed by atoms with Gasteiger partial charge in [-0.15, -0.1) is 0 Å². The van der Waals surface area contributed by atoms with Crippen LogP contribution < -0.4 is 10.6 Å². The van der Waals surface area contributed by atoms with E-state index < -0.39 is 23.6 Å². The van der Waals surface area contributed by atoms with E-state index in [0.29, 0.717) is 22.5 Å². The molecule has 0 aromatic heterocycles. The molecule has 2 aliphatic rings. The number of hydrogen-bond donors (Lipinski definition) is 2. The van der Waals surface area contributed by atoms with Gasteiger partial charge in [0.1, 0.15) is 0 Å². The third kappa shape index (κ3) is 6.29. The first-order valence-electron chi connectivity index (χ1n) is 11.6. The van der Waals surface area contributed by atoms with Crippen molar-refractivity contribution in [2.45, 2.75) is 0 Å². The van der Waals surface area contributed by atoms with Crippen molar-refractivity contribution < 1.29 is 28.8 Å². The van der Waals surface area contributed by atoms with Crippen LogP contribution in [-0.2, 0) is 19.2 Å². The Bertz CT molecular complexity index is 1240. The van der Waals surface area contributed by atoms with Crippen LogP contribution in [0.25, 0.3) is 0 Å². The molecule has 2 heterocycles. The second-order valence-corrected chi connectivity index (χ2v) is 8.13. The van der Waals surface area contributed by atoms with Crippen molar-refractivity contribution in [1.82, 2.24) is 20.4 Å². The molecule has 0 unspecified atom stereocenters. The minimum absolute atomic E-state index is 0.0848. The van der Waals surface area contributed by atoms with E-state index in [-0.39, 0.29) is 38.0 Å². The van der Waals surface area contributed by atoms with Crippen LogP contribution in [-0.4, -0.2) is 71.4 Å². The monoisotopic (exact) mass is 514 g/mol. The van der Waals surface area contributed by atoms with E-state index in [1.807, 2.05) is 0 Å². The lowest BCUT2D eigenvalue weighted by Crippen LogP contribution is -2.38. The number of benzene rings is 2. The van der Waals surface area contributed by atoms with Gasteiger partial charge in [-0.1, -0.05) is 0 Å². The van der Waals surface area contributed by atoms with E-state index in [1.165, 1.54) is 24.3 Å². The average Bonchev–Trinajstić information content (AvgIpc) is 3.42. The zero-order valence-electron chi connectivity index (χ0n) is 20.0. The minimum Gasteiger partial charge on any atom is -0.350 e. The molecule has 2 aromatic rings. The summed E-state index contributed by atoms with van der Waals surface area (Å²) in [6, 6.07) is 12.8. The van der Waals surface area contributed by atoms with E-state index in [9.17, 15) is 28.8 Å². The summed E-state index contributed by atoms with van der Waals surface area (Å²) >= 11 is 0. The van der Waals surface area contributed by atoms with E-state index in [4.69, 9.17) is 0 Å². The zero-order valence-corrected chi connectivity index (χ0v) is 20.0. The molecule has 0 saturated carbocycles. The van der Waals surface area contributed by atoms with Gasteiger partial charge < -0.3 is 10.6 Å². The molecule has 0 bridgehead atoms. The van der Waals surface area contributed by atoms with Gasteiger partial charge in [0, 0.05) is 61.6 Å². The topological polar surface area (TPSA) is 158 Å². The Balaban J connectivity index is 1.22. The summed E-state index contributed by atoms with van der Waals surface area (Å²) in [5.74, 6) is -2.32. The van der Waals surface area contributed by atoms with E-state index in [1.54, 1.807) is 48.5 Å². The van der Waals surface area contributed by atoms with Gasteiger partial charge in [-0.3, -0.25) is 38.6 Å². The molecule has 192 valence electrons. The van der Waals surface area contributed by atoms with Crippen LogP contribution in [0.15, 0.2) is 83.1 Å². The number of rotatable bonds is 10. The highest BCUT2D eigenvalue weighted by Gasteiger charge is 2.23. The number of nitrogens with one attached hydrogen (secondary N) is 2. The van der Waals surface area contributed by atoms with Crippen molar-refractivity contribution in [3.05, 3.63) is 84.0 Å². The van der Waals surface area contributed by atoms with Crippen LogP contribution in [0.5, 0.6) is 0 Å². The molecule has 0 radical (unpaired) electrons. The lowest BCUT2D eigenvalue weighted by atomic mass is 10.2. The number of amides is 6. The third-order valence-electron chi connectivity index (χ3n) is 5.58. The van der Waals surface area contributed by atoms with Gasteiger partial charge in [0.25, 0.3) is 35.4 Å². The second kappa shape index (κ2) is 11.6. The summed E-state index contributed by atoms with van der Waals surface area (Å²) < 4.78 is 0. The molecular formula is C26H22N6O6. The molecule has 0 fully saturated rings. The molecule has 12 nitrogen and oxygen atoms in total. The maximum absolute atomic E-state index is 12.3. The van der Waals surface area contributed by atoms with Gasteiger partial charge in [0.2, 0.25) is 0 Å². The first-order valence-corrected chi connectivity index (χ1v) is 11.6. The highest BCUT2D eigenvalue weighted by molar-refractivity contribution is 6.13. The van der Waals surface area contributed by atoms with E-state index >= 15 is 0 Å². The molecular weight excluding hydrogens is 492 g/mol. The van der Waals surface area contributed by atoms with Crippen molar-refractivity contribution in [3.8, 4) is 0 Å². The van der Waals surface area contributed by atoms with Gasteiger partial charge in [-0.2, -0.15) is 10.2 Å². The smallest absolute Gasteiger partial charge is 0.253 e. The predicted molar refractivity (Wildman–Crippen MR) is 133 cm³/mol. The highest BCUT2D eigenvalue weighted by atomic mass is 16.2. The molecule has 0 atom stereocenters. The summed E-state index contributed by atoms with van der Waals surface area (Å²) in [6.07, 6.45) is 4.75. The molecule has 12 heteroatoms. The first kappa shape index (κ1) is 25.8. The van der Waals surface area contributed by atoms with E-state index in [2.05, 4.69) is 20.9 Å². The average molecular weight is 514 g/mol. The third-order valence-corrected chi connectivity index (χ3v) is 5.58. The Hall–Kier alpha value is -5.26. The summed E-state index contributed by atoms with van der Waals surface area (Å²) in [5, 5.41) is 13.5. The Kier molecular flexibility index (Phi) is 7.92. The minimum atomic E-state index is -0.403. The van der Waals surface area contributed by atoms with Crippen LogP contribution in [0.3, 0.4) is 0 Å². The Morgan fingerprint density at radius 2 is 0.868 bits per heavy atom. The van der Waals surface area contributed by atoms with Crippen molar-refractivity contribution in [3.63, 3.8) is 0 Å². The quantitative estimate of drug-likeness (QED) is 0.360. The fourth-order valence-corrected chi connectivity index (χ4v) is 3.54. The molecule has 6 amide bonds. The largest absolute Gasteiger partial charge is 0.350 e. The van der Waals surface area contributed by atoms with Crippen LogP contribution in [0, 0.1) is 0 Å². The molecule has 2 aliphatic heterocycles. The second-order valence-electron chi connectivity index (χ2n) is 8.13. The van der Waals surface area contributed by atoms with Crippen molar-refractivity contribution in [2.75, 3.05) is 26.2 Å². The highest BCUT2D eigenvalue weighted by Crippen LogP contribution is 2.19. The van der Waals surface area contributed by atoms with Gasteiger partial charge >= 0.3 is 0 Å². The van der Waals surface area contributed by atoms with E-state index in [0.717, 1.165) is 9.80 Å². The fraction of sp³-hybridized carbons (Fsp3) is 0.154.